The number of benzene rings is 2. The van der Waals surface area contributed by atoms with E-state index in [4.69, 9.17) is 11.6 Å². The lowest BCUT2D eigenvalue weighted by molar-refractivity contribution is 0.313. The third kappa shape index (κ3) is 4.72. The van der Waals surface area contributed by atoms with Gasteiger partial charge in [-0.25, -0.2) is 12.4 Å². The van der Waals surface area contributed by atoms with Gasteiger partial charge in [0.05, 0.1) is 11.1 Å². The summed E-state index contributed by atoms with van der Waals surface area (Å²) in [7, 11) is -1.56. The number of anilines is 3. The number of likely N-dealkylation sites (N-methyl/N-ethyl adjacent to an activating group) is 1. The lowest BCUT2D eigenvalue weighted by atomic mass is 10.2. The van der Waals surface area contributed by atoms with Gasteiger partial charge < -0.3 is 15.1 Å². The molecule has 8 nitrogen and oxygen atoms in total. The van der Waals surface area contributed by atoms with E-state index in [2.05, 4.69) is 44.3 Å². The largest absolute Gasteiger partial charge is 0.369 e. The number of hydrogen-bond donors (Lipinski definition) is 1. The first-order chi connectivity index (χ1) is 16.4. The van der Waals surface area contributed by atoms with Crippen LogP contribution >= 0.6 is 11.6 Å². The van der Waals surface area contributed by atoms with Crippen molar-refractivity contribution in [3.8, 4) is 0 Å². The van der Waals surface area contributed by atoms with Crippen molar-refractivity contribution in [2.45, 2.75) is 5.75 Å². The molecule has 1 N–H and O–H groups in total. The summed E-state index contributed by atoms with van der Waals surface area (Å²) < 4.78 is 27.4. The van der Waals surface area contributed by atoms with Crippen LogP contribution in [0.5, 0.6) is 0 Å². The fourth-order valence-electron chi connectivity index (χ4n) is 4.10. The lowest BCUT2D eigenvalue weighted by Crippen LogP contribution is -2.44. The van der Waals surface area contributed by atoms with Crippen LogP contribution in [0.2, 0.25) is 5.28 Å². The van der Waals surface area contributed by atoms with Crippen LogP contribution in [0.25, 0.3) is 11.0 Å². The predicted molar refractivity (Wildman–Crippen MR) is 136 cm³/mol. The minimum atomic E-state index is -3.69. The van der Waals surface area contributed by atoms with Crippen molar-refractivity contribution in [1.82, 2.24) is 18.8 Å². The monoisotopic (exact) mass is 496 g/mol. The molecule has 0 radical (unpaired) electrons. The van der Waals surface area contributed by atoms with Gasteiger partial charge in [0, 0.05) is 43.8 Å². The normalized spacial score (nSPS) is 15.1. The molecule has 0 bridgehead atoms. The van der Waals surface area contributed by atoms with Crippen molar-refractivity contribution in [2.75, 3.05) is 43.4 Å². The quantitative estimate of drug-likeness (QED) is 0.404. The number of nitrogens with one attached hydrogen (secondary N) is 1. The van der Waals surface area contributed by atoms with Gasteiger partial charge in [-0.1, -0.05) is 30.3 Å². The molecule has 176 valence electrons. The Kier molecular flexibility index (Phi) is 6.16. The zero-order valence-electron chi connectivity index (χ0n) is 18.7. The number of aromatic nitrogens is 3. The first-order valence-corrected chi connectivity index (χ1v) is 13.0. The molecule has 5 rings (SSSR count). The van der Waals surface area contributed by atoms with Gasteiger partial charge in [-0.05, 0) is 54.5 Å². The molecule has 2 aromatic heterocycles. The molecule has 10 heteroatoms. The van der Waals surface area contributed by atoms with E-state index in [1.54, 1.807) is 18.2 Å². The Balaban J connectivity index is 1.41. The summed E-state index contributed by atoms with van der Waals surface area (Å²) in [6.07, 6.45) is 1.50. The first kappa shape index (κ1) is 22.6. The molecule has 0 aliphatic carbocycles. The molecule has 0 spiro atoms. The molecule has 1 saturated heterocycles. The number of rotatable bonds is 6. The van der Waals surface area contributed by atoms with Crippen molar-refractivity contribution in [3.05, 3.63) is 77.7 Å². The average molecular weight is 497 g/mol. The van der Waals surface area contributed by atoms with Gasteiger partial charge in [0.25, 0.3) is 0 Å². The molecule has 0 atom stereocenters. The maximum absolute atomic E-state index is 13.1. The van der Waals surface area contributed by atoms with Gasteiger partial charge in [-0.15, -0.1) is 0 Å². The summed E-state index contributed by atoms with van der Waals surface area (Å²) in [4.78, 5) is 13.2. The highest BCUT2D eigenvalue weighted by atomic mass is 35.5. The number of nitrogens with zero attached hydrogens (tertiary/aromatic N) is 5. The molecule has 3 heterocycles. The fraction of sp³-hybridized carbons (Fsp3) is 0.250. The molecule has 0 unspecified atom stereocenters. The summed E-state index contributed by atoms with van der Waals surface area (Å²) in [6, 6.07) is 18.8. The average Bonchev–Trinajstić information content (AvgIpc) is 3.26. The van der Waals surface area contributed by atoms with Crippen molar-refractivity contribution in [2.24, 2.45) is 0 Å². The van der Waals surface area contributed by atoms with E-state index in [0.717, 1.165) is 31.9 Å². The summed E-state index contributed by atoms with van der Waals surface area (Å²) in [5.74, 6) is 0.312. The van der Waals surface area contributed by atoms with Crippen LogP contribution in [0.1, 0.15) is 5.56 Å². The molecular weight excluding hydrogens is 472 g/mol. The van der Waals surface area contributed by atoms with Crippen molar-refractivity contribution >= 4 is 49.9 Å². The Morgan fingerprint density at radius 2 is 1.65 bits per heavy atom. The number of fused-ring (bicyclic) bond motifs is 1. The van der Waals surface area contributed by atoms with Gasteiger partial charge in [0.1, 0.15) is 5.82 Å². The molecule has 0 amide bonds. The van der Waals surface area contributed by atoms with Gasteiger partial charge in [-0.3, -0.25) is 0 Å². The van der Waals surface area contributed by atoms with Crippen LogP contribution in [0, 0.1) is 0 Å². The number of halogens is 1. The standard InChI is InChI=1S/C24H25ClN6O2S/c1-29-13-15-30(16-14-29)20-9-7-19(8-10-20)26-22-21-11-12-31(23(21)28-24(25)27-22)34(32,33)17-18-5-3-2-4-6-18/h2-12H,13-17H2,1H3,(H,26,27,28). The van der Waals surface area contributed by atoms with E-state index < -0.39 is 10.0 Å². The molecule has 1 aliphatic heterocycles. The highest BCUT2D eigenvalue weighted by molar-refractivity contribution is 7.89. The summed E-state index contributed by atoms with van der Waals surface area (Å²) in [6.45, 7) is 4.08. The SMILES string of the molecule is CN1CCN(c2ccc(Nc3nc(Cl)nc4c3ccn4S(=O)(=O)Cc3ccccc3)cc2)CC1. The van der Waals surface area contributed by atoms with Crippen LogP contribution in [-0.4, -0.2) is 60.5 Å². The third-order valence-electron chi connectivity index (χ3n) is 5.97. The second kappa shape index (κ2) is 9.25. The van der Waals surface area contributed by atoms with Crippen LogP contribution < -0.4 is 10.2 Å². The second-order valence-electron chi connectivity index (χ2n) is 8.39. The van der Waals surface area contributed by atoms with Gasteiger partial charge in [0.15, 0.2) is 5.65 Å². The smallest absolute Gasteiger partial charge is 0.244 e. The Morgan fingerprint density at radius 3 is 2.35 bits per heavy atom. The molecule has 1 aliphatic rings. The minimum Gasteiger partial charge on any atom is -0.369 e. The fourth-order valence-corrected chi connectivity index (χ4v) is 5.66. The van der Waals surface area contributed by atoms with Crippen LogP contribution in [-0.2, 0) is 15.8 Å². The molecular formula is C24H25ClN6O2S. The van der Waals surface area contributed by atoms with Gasteiger partial charge >= 0.3 is 0 Å². The third-order valence-corrected chi connectivity index (χ3v) is 7.73. The second-order valence-corrected chi connectivity index (χ2v) is 10.6. The van der Waals surface area contributed by atoms with Crippen molar-refractivity contribution < 1.29 is 8.42 Å². The molecule has 4 aromatic rings. The summed E-state index contributed by atoms with van der Waals surface area (Å²) in [5.41, 5.74) is 2.94. The van der Waals surface area contributed by atoms with Gasteiger partial charge in [-0.2, -0.15) is 9.97 Å². The van der Waals surface area contributed by atoms with E-state index in [9.17, 15) is 8.42 Å². The van der Waals surface area contributed by atoms with Crippen LogP contribution in [0.4, 0.5) is 17.2 Å². The van der Waals surface area contributed by atoms with Gasteiger partial charge in [0.2, 0.25) is 15.3 Å². The topological polar surface area (TPSA) is 83.4 Å². The Hall–Kier alpha value is -3.14. The Morgan fingerprint density at radius 1 is 0.941 bits per heavy atom. The van der Waals surface area contributed by atoms with E-state index in [1.165, 1.54) is 15.9 Å². The highest BCUT2D eigenvalue weighted by Gasteiger charge is 2.21. The zero-order valence-corrected chi connectivity index (χ0v) is 20.3. The maximum atomic E-state index is 13.1. The summed E-state index contributed by atoms with van der Waals surface area (Å²) in [5, 5.41) is 3.81. The first-order valence-electron chi connectivity index (χ1n) is 11.0. The molecule has 2 aromatic carbocycles. The maximum Gasteiger partial charge on any atom is 0.244 e. The highest BCUT2D eigenvalue weighted by Crippen LogP contribution is 2.29. The molecule has 0 saturated carbocycles. The van der Waals surface area contributed by atoms with Crippen LogP contribution in [0.3, 0.4) is 0 Å². The van der Waals surface area contributed by atoms with E-state index >= 15 is 0 Å². The molecule has 34 heavy (non-hydrogen) atoms. The van der Waals surface area contributed by atoms with E-state index in [1.807, 2.05) is 30.3 Å². The van der Waals surface area contributed by atoms with Crippen molar-refractivity contribution in [3.63, 3.8) is 0 Å². The van der Waals surface area contributed by atoms with Crippen LogP contribution in [0.15, 0.2) is 66.9 Å². The predicted octanol–water partition coefficient (Wildman–Crippen LogP) is 3.96. The lowest BCUT2D eigenvalue weighted by Gasteiger charge is -2.34. The number of piperazine rings is 1. The molecule has 1 fully saturated rings. The summed E-state index contributed by atoms with van der Waals surface area (Å²) >= 11 is 6.19. The zero-order chi connectivity index (χ0) is 23.7. The Bertz CT molecular complexity index is 1400. The Labute approximate surface area is 203 Å². The van der Waals surface area contributed by atoms with E-state index in [0.29, 0.717) is 16.8 Å². The van der Waals surface area contributed by atoms with E-state index in [-0.39, 0.29) is 16.7 Å². The van der Waals surface area contributed by atoms with Crippen molar-refractivity contribution in [1.29, 1.82) is 0 Å². The number of hydrogen-bond acceptors (Lipinski definition) is 7. The minimum absolute atomic E-state index is 0.0288.